The molecule has 9 heteroatoms. The summed E-state index contributed by atoms with van der Waals surface area (Å²) in [6.45, 7) is 1.78. The third-order valence-corrected chi connectivity index (χ3v) is 5.95. The van der Waals surface area contributed by atoms with Gasteiger partial charge in [-0.05, 0) is 49.9 Å². The van der Waals surface area contributed by atoms with E-state index in [0.717, 1.165) is 5.56 Å². The summed E-state index contributed by atoms with van der Waals surface area (Å²) in [6.07, 6.45) is 0. The number of sulfonamides is 1. The van der Waals surface area contributed by atoms with E-state index in [2.05, 4.69) is 10.0 Å². The number of hydrogen-bond donors (Lipinski definition) is 2. The summed E-state index contributed by atoms with van der Waals surface area (Å²) in [7, 11) is -1.13. The second kappa shape index (κ2) is 8.26. The summed E-state index contributed by atoms with van der Waals surface area (Å²) in [5.41, 5.74) is 0.955. The SMILES string of the molecule is CNS(=O)(=O)c1cc(C(=O)NC(C)c2ccc(Cl)c(Cl)c2)ccc1OC. The standard InChI is InChI=1S/C17H18Cl2N2O4S/c1-10(11-4-6-13(18)14(19)8-11)21-17(22)12-5-7-15(25-3)16(9-12)26(23,24)20-2/h4-10,20H,1-3H3,(H,21,22). The second-order valence-corrected chi connectivity index (χ2v) is 8.11. The molecule has 1 amide bonds. The molecule has 2 aromatic rings. The Morgan fingerprint density at radius 3 is 2.38 bits per heavy atom. The first-order chi connectivity index (χ1) is 12.2. The molecule has 0 fully saturated rings. The van der Waals surface area contributed by atoms with Gasteiger partial charge in [-0.15, -0.1) is 0 Å². The predicted octanol–water partition coefficient (Wildman–Crippen LogP) is 3.40. The van der Waals surface area contributed by atoms with Gasteiger partial charge in [0.2, 0.25) is 10.0 Å². The topological polar surface area (TPSA) is 84.5 Å². The Kier molecular flexibility index (Phi) is 6.52. The molecule has 1 unspecified atom stereocenters. The summed E-state index contributed by atoms with van der Waals surface area (Å²) in [5, 5.41) is 3.61. The van der Waals surface area contributed by atoms with E-state index in [1.165, 1.54) is 32.4 Å². The lowest BCUT2D eigenvalue weighted by Crippen LogP contribution is -2.27. The number of halogens is 2. The molecule has 0 aromatic heterocycles. The van der Waals surface area contributed by atoms with Crippen molar-refractivity contribution in [3.8, 4) is 5.75 Å². The van der Waals surface area contributed by atoms with Crippen LogP contribution in [-0.4, -0.2) is 28.5 Å². The van der Waals surface area contributed by atoms with Crippen LogP contribution >= 0.6 is 23.2 Å². The fraction of sp³-hybridized carbons (Fsp3) is 0.235. The maximum absolute atomic E-state index is 12.5. The molecule has 0 bridgehead atoms. The molecule has 2 rings (SSSR count). The van der Waals surface area contributed by atoms with Gasteiger partial charge in [0, 0.05) is 5.56 Å². The highest BCUT2D eigenvalue weighted by molar-refractivity contribution is 7.89. The molecular formula is C17H18Cl2N2O4S. The lowest BCUT2D eigenvalue weighted by Gasteiger charge is -2.16. The normalized spacial score (nSPS) is 12.5. The zero-order valence-electron chi connectivity index (χ0n) is 14.3. The third kappa shape index (κ3) is 4.48. The zero-order chi connectivity index (χ0) is 19.5. The second-order valence-electron chi connectivity index (χ2n) is 5.44. The van der Waals surface area contributed by atoms with Crippen molar-refractivity contribution >= 4 is 39.1 Å². The third-order valence-electron chi connectivity index (χ3n) is 3.78. The van der Waals surface area contributed by atoms with Crippen LogP contribution in [-0.2, 0) is 10.0 Å². The highest BCUT2D eigenvalue weighted by Crippen LogP contribution is 2.27. The van der Waals surface area contributed by atoms with Crippen LogP contribution in [0.1, 0.15) is 28.9 Å². The lowest BCUT2D eigenvalue weighted by atomic mass is 10.1. The molecule has 1 atom stereocenters. The Labute approximate surface area is 162 Å². The highest BCUT2D eigenvalue weighted by Gasteiger charge is 2.21. The molecule has 26 heavy (non-hydrogen) atoms. The Balaban J connectivity index is 2.29. The minimum absolute atomic E-state index is 0.114. The van der Waals surface area contributed by atoms with Gasteiger partial charge in [0.05, 0.1) is 23.2 Å². The van der Waals surface area contributed by atoms with Gasteiger partial charge >= 0.3 is 0 Å². The van der Waals surface area contributed by atoms with Crippen LogP contribution < -0.4 is 14.8 Å². The molecule has 0 heterocycles. The molecule has 0 aliphatic carbocycles. The van der Waals surface area contributed by atoms with Crippen molar-refractivity contribution in [2.24, 2.45) is 0 Å². The van der Waals surface area contributed by atoms with Crippen molar-refractivity contribution in [2.45, 2.75) is 17.9 Å². The Morgan fingerprint density at radius 1 is 1.12 bits per heavy atom. The molecule has 0 saturated carbocycles. The van der Waals surface area contributed by atoms with E-state index in [0.29, 0.717) is 10.0 Å². The number of carbonyl (C=O) groups is 1. The van der Waals surface area contributed by atoms with E-state index in [1.54, 1.807) is 25.1 Å². The first-order valence-corrected chi connectivity index (χ1v) is 9.81. The van der Waals surface area contributed by atoms with E-state index >= 15 is 0 Å². The van der Waals surface area contributed by atoms with Gasteiger partial charge in [-0.3, -0.25) is 4.79 Å². The monoisotopic (exact) mass is 416 g/mol. The maximum atomic E-state index is 12.5. The number of benzene rings is 2. The number of amides is 1. The van der Waals surface area contributed by atoms with Crippen LogP contribution in [0.3, 0.4) is 0 Å². The number of methoxy groups -OCH3 is 1. The Morgan fingerprint density at radius 2 is 1.81 bits per heavy atom. The van der Waals surface area contributed by atoms with Gasteiger partial charge in [0.15, 0.2) is 0 Å². The van der Waals surface area contributed by atoms with E-state index in [4.69, 9.17) is 27.9 Å². The molecular weight excluding hydrogens is 399 g/mol. The molecule has 2 aromatic carbocycles. The minimum Gasteiger partial charge on any atom is -0.495 e. The van der Waals surface area contributed by atoms with Crippen molar-refractivity contribution in [3.63, 3.8) is 0 Å². The Bertz CT molecular complexity index is 932. The molecule has 0 saturated heterocycles. The molecule has 2 N–H and O–H groups in total. The first kappa shape index (κ1) is 20.5. The van der Waals surface area contributed by atoms with E-state index in [9.17, 15) is 13.2 Å². The predicted molar refractivity (Wildman–Crippen MR) is 102 cm³/mol. The number of hydrogen-bond acceptors (Lipinski definition) is 4. The first-order valence-electron chi connectivity index (χ1n) is 7.57. The van der Waals surface area contributed by atoms with Crippen LogP contribution in [0.4, 0.5) is 0 Å². The largest absolute Gasteiger partial charge is 0.495 e. The van der Waals surface area contributed by atoms with Crippen molar-refractivity contribution in [2.75, 3.05) is 14.2 Å². The van der Waals surface area contributed by atoms with Gasteiger partial charge in [-0.25, -0.2) is 13.1 Å². The van der Waals surface area contributed by atoms with Gasteiger partial charge < -0.3 is 10.1 Å². The molecule has 0 spiro atoms. The number of carbonyl (C=O) groups excluding carboxylic acids is 1. The van der Waals surface area contributed by atoms with Crippen molar-refractivity contribution in [3.05, 3.63) is 57.6 Å². The smallest absolute Gasteiger partial charge is 0.251 e. The molecule has 140 valence electrons. The summed E-state index contributed by atoms with van der Waals surface area (Å²) in [4.78, 5) is 12.4. The van der Waals surface area contributed by atoms with E-state index in [-0.39, 0.29) is 22.3 Å². The van der Waals surface area contributed by atoms with Gasteiger partial charge in [-0.2, -0.15) is 0 Å². The average molecular weight is 417 g/mol. The van der Waals surface area contributed by atoms with E-state index in [1.807, 2.05) is 0 Å². The quantitative estimate of drug-likeness (QED) is 0.755. The fourth-order valence-electron chi connectivity index (χ4n) is 2.28. The number of nitrogens with one attached hydrogen (secondary N) is 2. The minimum atomic E-state index is -3.78. The molecule has 0 radical (unpaired) electrons. The number of rotatable bonds is 6. The van der Waals surface area contributed by atoms with Crippen molar-refractivity contribution < 1.29 is 17.9 Å². The van der Waals surface area contributed by atoms with Gasteiger partial charge in [-0.1, -0.05) is 29.3 Å². The Hall–Kier alpha value is -1.80. The zero-order valence-corrected chi connectivity index (χ0v) is 16.7. The summed E-state index contributed by atoms with van der Waals surface area (Å²) in [5.74, 6) is -0.285. The van der Waals surface area contributed by atoms with Gasteiger partial charge in [0.25, 0.3) is 5.91 Å². The summed E-state index contributed by atoms with van der Waals surface area (Å²) < 4.78 is 31.5. The van der Waals surface area contributed by atoms with Crippen LogP contribution in [0.25, 0.3) is 0 Å². The summed E-state index contributed by atoms with van der Waals surface area (Å²) >= 11 is 11.9. The maximum Gasteiger partial charge on any atom is 0.251 e. The van der Waals surface area contributed by atoms with Crippen LogP contribution in [0.5, 0.6) is 5.75 Å². The van der Waals surface area contributed by atoms with Crippen molar-refractivity contribution in [1.82, 2.24) is 10.0 Å². The summed E-state index contributed by atoms with van der Waals surface area (Å²) in [6, 6.07) is 8.90. The lowest BCUT2D eigenvalue weighted by molar-refractivity contribution is 0.0939. The van der Waals surface area contributed by atoms with Crippen LogP contribution in [0.2, 0.25) is 10.0 Å². The van der Waals surface area contributed by atoms with Crippen LogP contribution in [0.15, 0.2) is 41.3 Å². The number of ether oxygens (including phenoxy) is 1. The van der Waals surface area contributed by atoms with Crippen molar-refractivity contribution in [1.29, 1.82) is 0 Å². The molecule has 0 aliphatic heterocycles. The van der Waals surface area contributed by atoms with E-state index < -0.39 is 15.9 Å². The van der Waals surface area contributed by atoms with Crippen LogP contribution in [0, 0.1) is 0 Å². The fourth-order valence-corrected chi connectivity index (χ4v) is 3.51. The molecule has 0 aliphatic rings. The highest BCUT2D eigenvalue weighted by atomic mass is 35.5. The average Bonchev–Trinajstić information content (AvgIpc) is 2.63. The molecule has 6 nitrogen and oxygen atoms in total. The van der Waals surface area contributed by atoms with Gasteiger partial charge in [0.1, 0.15) is 10.6 Å².